The zero-order valence-corrected chi connectivity index (χ0v) is 13.8. The topological polar surface area (TPSA) is 37.4 Å². The summed E-state index contributed by atoms with van der Waals surface area (Å²) in [5.74, 6) is -0.591. The molecule has 0 saturated heterocycles. The summed E-state index contributed by atoms with van der Waals surface area (Å²) in [5, 5.41) is 1.67. The first-order valence-corrected chi connectivity index (χ1v) is 8.64. The van der Waals surface area contributed by atoms with Crippen molar-refractivity contribution in [3.63, 3.8) is 0 Å². The minimum atomic E-state index is -3.76. The number of fused-ring (bicyclic) bond motifs is 1. The maximum atomic E-state index is 13.3. The first-order valence-electron chi connectivity index (χ1n) is 6.82. The first kappa shape index (κ1) is 15.8. The van der Waals surface area contributed by atoms with Gasteiger partial charge in [-0.1, -0.05) is 41.9 Å². The minimum absolute atomic E-state index is 0.122. The maximum Gasteiger partial charge on any atom is 0.264 e. The molecule has 118 valence electrons. The van der Waals surface area contributed by atoms with Gasteiger partial charge >= 0.3 is 0 Å². The van der Waals surface area contributed by atoms with Gasteiger partial charge in [-0.25, -0.2) is 12.8 Å². The van der Waals surface area contributed by atoms with Gasteiger partial charge in [-0.05, 0) is 41.1 Å². The molecule has 0 aliphatic rings. The second kappa shape index (κ2) is 5.83. The average molecular weight is 350 g/mol. The van der Waals surface area contributed by atoms with Crippen LogP contribution in [0.1, 0.15) is 0 Å². The van der Waals surface area contributed by atoms with Crippen molar-refractivity contribution >= 4 is 38.1 Å². The summed E-state index contributed by atoms with van der Waals surface area (Å²) >= 11 is 5.74. The SMILES string of the molecule is CN(c1ccc(F)c(Cl)c1)S(=O)(=O)c1ccc2ccccc2c1. The molecule has 3 aromatic carbocycles. The van der Waals surface area contributed by atoms with Gasteiger partial charge < -0.3 is 0 Å². The summed E-state index contributed by atoms with van der Waals surface area (Å²) in [6.45, 7) is 0. The van der Waals surface area contributed by atoms with Crippen LogP contribution in [-0.2, 0) is 10.0 Å². The number of sulfonamides is 1. The van der Waals surface area contributed by atoms with Crippen LogP contribution in [0.3, 0.4) is 0 Å². The molecule has 3 rings (SSSR count). The lowest BCUT2D eigenvalue weighted by Crippen LogP contribution is -2.26. The number of benzene rings is 3. The van der Waals surface area contributed by atoms with E-state index in [0.29, 0.717) is 5.69 Å². The molecule has 0 aliphatic heterocycles. The lowest BCUT2D eigenvalue weighted by Gasteiger charge is -2.20. The number of hydrogen-bond donors (Lipinski definition) is 0. The van der Waals surface area contributed by atoms with Crippen LogP contribution in [0.5, 0.6) is 0 Å². The average Bonchev–Trinajstić information content (AvgIpc) is 2.56. The van der Waals surface area contributed by atoms with Crippen LogP contribution in [0, 0.1) is 5.82 Å². The normalized spacial score (nSPS) is 11.6. The van der Waals surface area contributed by atoms with E-state index < -0.39 is 15.8 Å². The van der Waals surface area contributed by atoms with Crippen LogP contribution >= 0.6 is 11.6 Å². The van der Waals surface area contributed by atoms with Gasteiger partial charge in [0, 0.05) is 7.05 Å². The molecule has 0 spiro atoms. The third-order valence-corrected chi connectivity index (χ3v) is 5.72. The van der Waals surface area contributed by atoms with E-state index in [9.17, 15) is 12.8 Å². The molecule has 0 atom stereocenters. The summed E-state index contributed by atoms with van der Waals surface area (Å²) < 4.78 is 39.9. The number of hydrogen-bond acceptors (Lipinski definition) is 2. The van der Waals surface area contributed by atoms with E-state index in [1.165, 1.54) is 19.2 Å². The van der Waals surface area contributed by atoms with Crippen molar-refractivity contribution in [1.29, 1.82) is 0 Å². The third-order valence-electron chi connectivity index (χ3n) is 3.65. The highest BCUT2D eigenvalue weighted by molar-refractivity contribution is 7.92. The fraction of sp³-hybridized carbons (Fsp3) is 0.0588. The molecule has 0 aliphatic carbocycles. The van der Waals surface area contributed by atoms with E-state index in [1.54, 1.807) is 18.2 Å². The number of halogens is 2. The van der Waals surface area contributed by atoms with Crippen molar-refractivity contribution in [2.75, 3.05) is 11.4 Å². The number of rotatable bonds is 3. The van der Waals surface area contributed by atoms with Crippen molar-refractivity contribution in [3.05, 3.63) is 71.5 Å². The summed E-state index contributed by atoms with van der Waals surface area (Å²) in [6, 6.07) is 16.2. The Balaban J connectivity index is 2.06. The Labute approximate surface area is 139 Å². The van der Waals surface area contributed by atoms with Gasteiger partial charge in [-0.2, -0.15) is 0 Å². The Morgan fingerprint density at radius 2 is 1.65 bits per heavy atom. The van der Waals surface area contributed by atoms with Crippen LogP contribution in [0.25, 0.3) is 10.8 Å². The monoisotopic (exact) mass is 349 g/mol. The molecule has 0 heterocycles. The molecule has 0 radical (unpaired) electrons. The molecule has 0 bridgehead atoms. The summed E-state index contributed by atoms with van der Waals surface area (Å²) in [4.78, 5) is 0.166. The first-order chi connectivity index (χ1) is 10.9. The Kier molecular flexibility index (Phi) is 4.00. The quantitative estimate of drug-likeness (QED) is 0.700. The van der Waals surface area contributed by atoms with Crippen molar-refractivity contribution in [1.82, 2.24) is 0 Å². The summed E-state index contributed by atoms with van der Waals surface area (Å²) in [5.41, 5.74) is 0.296. The van der Waals surface area contributed by atoms with Crippen molar-refractivity contribution in [2.24, 2.45) is 0 Å². The van der Waals surface area contributed by atoms with Crippen LogP contribution in [-0.4, -0.2) is 15.5 Å². The highest BCUT2D eigenvalue weighted by Gasteiger charge is 2.22. The van der Waals surface area contributed by atoms with Gasteiger partial charge in [0.05, 0.1) is 15.6 Å². The van der Waals surface area contributed by atoms with Crippen molar-refractivity contribution in [2.45, 2.75) is 4.90 Å². The molecule has 0 saturated carbocycles. The molecule has 0 fully saturated rings. The van der Waals surface area contributed by atoms with Gasteiger partial charge in [-0.15, -0.1) is 0 Å². The van der Waals surface area contributed by atoms with Gasteiger partial charge in [0.15, 0.2) is 0 Å². The van der Waals surface area contributed by atoms with E-state index in [4.69, 9.17) is 11.6 Å². The Bertz CT molecular complexity index is 989. The largest absolute Gasteiger partial charge is 0.269 e. The van der Waals surface area contributed by atoms with E-state index >= 15 is 0 Å². The van der Waals surface area contributed by atoms with Gasteiger partial charge in [0.1, 0.15) is 5.82 Å². The van der Waals surface area contributed by atoms with Crippen LogP contribution < -0.4 is 4.31 Å². The fourth-order valence-electron chi connectivity index (χ4n) is 2.31. The second-order valence-electron chi connectivity index (χ2n) is 5.08. The lowest BCUT2D eigenvalue weighted by molar-refractivity contribution is 0.594. The zero-order chi connectivity index (χ0) is 16.6. The predicted molar refractivity (Wildman–Crippen MR) is 90.9 cm³/mol. The van der Waals surface area contributed by atoms with Gasteiger partial charge in [-0.3, -0.25) is 4.31 Å². The van der Waals surface area contributed by atoms with Gasteiger partial charge in [0.25, 0.3) is 10.0 Å². The predicted octanol–water partition coefficient (Wildman–Crippen LogP) is 4.46. The molecule has 23 heavy (non-hydrogen) atoms. The standard InChI is InChI=1S/C17H13ClFNO2S/c1-20(14-7-9-17(19)16(18)11-14)23(21,22)15-8-6-12-4-2-3-5-13(12)10-15/h2-11H,1H3. The molecule has 0 aromatic heterocycles. The van der Waals surface area contributed by atoms with Crippen molar-refractivity contribution < 1.29 is 12.8 Å². The molecule has 0 N–H and O–H groups in total. The van der Waals surface area contributed by atoms with Crippen LogP contribution in [0.2, 0.25) is 5.02 Å². The number of anilines is 1. The van der Waals surface area contributed by atoms with E-state index in [2.05, 4.69) is 0 Å². The lowest BCUT2D eigenvalue weighted by atomic mass is 10.1. The maximum absolute atomic E-state index is 13.3. The molecule has 3 nitrogen and oxygen atoms in total. The van der Waals surface area contributed by atoms with Crippen molar-refractivity contribution in [3.8, 4) is 0 Å². The third kappa shape index (κ3) is 2.90. The highest BCUT2D eigenvalue weighted by Crippen LogP contribution is 2.27. The fourth-order valence-corrected chi connectivity index (χ4v) is 3.70. The Morgan fingerprint density at radius 3 is 2.35 bits per heavy atom. The smallest absolute Gasteiger partial charge is 0.264 e. The van der Waals surface area contributed by atoms with E-state index in [-0.39, 0.29) is 9.92 Å². The van der Waals surface area contributed by atoms with Crippen LogP contribution in [0.15, 0.2) is 65.6 Å². The number of nitrogens with zero attached hydrogens (tertiary/aromatic N) is 1. The molecule has 0 amide bonds. The Hall–Kier alpha value is -2.11. The minimum Gasteiger partial charge on any atom is -0.269 e. The molecule has 3 aromatic rings. The molecular weight excluding hydrogens is 337 g/mol. The Morgan fingerprint density at radius 1 is 0.957 bits per heavy atom. The molecule has 6 heteroatoms. The second-order valence-corrected chi connectivity index (χ2v) is 7.46. The van der Waals surface area contributed by atoms with Crippen LogP contribution in [0.4, 0.5) is 10.1 Å². The van der Waals surface area contributed by atoms with E-state index in [0.717, 1.165) is 21.1 Å². The summed E-state index contributed by atoms with van der Waals surface area (Å²) in [7, 11) is -2.35. The molecular formula is C17H13ClFNO2S. The van der Waals surface area contributed by atoms with Gasteiger partial charge in [0.2, 0.25) is 0 Å². The highest BCUT2D eigenvalue weighted by atomic mass is 35.5. The summed E-state index contributed by atoms with van der Waals surface area (Å²) in [6.07, 6.45) is 0. The van der Waals surface area contributed by atoms with E-state index in [1.807, 2.05) is 24.3 Å². The molecule has 0 unspecified atom stereocenters. The zero-order valence-electron chi connectivity index (χ0n) is 12.2.